The summed E-state index contributed by atoms with van der Waals surface area (Å²) >= 11 is 5.02. The van der Waals surface area contributed by atoms with Gasteiger partial charge in [-0.15, -0.1) is 4.58 Å². The van der Waals surface area contributed by atoms with Gasteiger partial charge in [-0.25, -0.2) is 4.79 Å². The maximum absolute atomic E-state index is 13.4. The zero-order valence-electron chi connectivity index (χ0n) is 18.3. The van der Waals surface area contributed by atoms with Crippen LogP contribution < -0.4 is 10.1 Å². The first-order valence-electron chi connectivity index (χ1n) is 11.0. The number of thioether (sulfide) groups is 1. The Hall–Kier alpha value is -2.12. The minimum Gasteiger partial charge on any atom is -0.496 e. The SMILES string of the molecule is COc1ccc(/C=C2\SC3C=CC=CC3=[N+](CC(=O)NC3CCCCC3C)C2=O)cc1Br. The Morgan fingerprint density at radius 3 is 2.88 bits per heavy atom. The van der Waals surface area contributed by atoms with Gasteiger partial charge in [0.1, 0.15) is 15.9 Å². The van der Waals surface area contributed by atoms with Crippen molar-refractivity contribution in [2.45, 2.75) is 43.9 Å². The van der Waals surface area contributed by atoms with E-state index in [2.05, 4.69) is 34.2 Å². The van der Waals surface area contributed by atoms with Crippen LogP contribution in [-0.2, 0) is 9.59 Å². The van der Waals surface area contributed by atoms with Crippen molar-refractivity contribution >= 4 is 51.3 Å². The average Bonchev–Trinajstić information content (AvgIpc) is 2.78. The number of benzene rings is 1. The lowest BCUT2D eigenvalue weighted by atomic mass is 9.86. The third-order valence-corrected chi connectivity index (χ3v) is 8.03. The smallest absolute Gasteiger partial charge is 0.426 e. The molecule has 1 aliphatic heterocycles. The average molecular weight is 516 g/mol. The third kappa shape index (κ3) is 5.09. The maximum atomic E-state index is 13.4. The van der Waals surface area contributed by atoms with Gasteiger partial charge in [-0.1, -0.05) is 55.8 Å². The summed E-state index contributed by atoms with van der Waals surface area (Å²) in [4.78, 5) is 27.0. The summed E-state index contributed by atoms with van der Waals surface area (Å²) in [5.41, 5.74) is 1.76. The molecule has 3 unspecified atom stereocenters. The molecule has 0 bridgehead atoms. The molecule has 0 radical (unpaired) electrons. The molecule has 1 heterocycles. The largest absolute Gasteiger partial charge is 0.496 e. The van der Waals surface area contributed by atoms with Crippen molar-refractivity contribution in [1.29, 1.82) is 0 Å². The van der Waals surface area contributed by atoms with Crippen molar-refractivity contribution in [3.63, 3.8) is 0 Å². The molecule has 4 rings (SSSR count). The Morgan fingerprint density at radius 1 is 1.31 bits per heavy atom. The number of allylic oxidation sites excluding steroid dienone is 3. The zero-order valence-corrected chi connectivity index (χ0v) is 20.7. The van der Waals surface area contributed by atoms with Gasteiger partial charge in [-0.3, -0.25) is 4.79 Å². The first kappa shape index (κ1) is 23.1. The Labute approximate surface area is 201 Å². The highest BCUT2D eigenvalue weighted by Gasteiger charge is 2.40. The molecule has 5 nitrogen and oxygen atoms in total. The number of carbonyl (C=O) groups is 2. The Bertz CT molecular complexity index is 1040. The minimum absolute atomic E-state index is 0.00652. The molecular weight excluding hydrogens is 488 g/mol. The predicted octanol–water partition coefficient (Wildman–Crippen LogP) is 4.72. The lowest BCUT2D eigenvalue weighted by Crippen LogP contribution is -2.47. The van der Waals surface area contributed by atoms with Crippen molar-refractivity contribution in [1.82, 2.24) is 5.32 Å². The van der Waals surface area contributed by atoms with Crippen molar-refractivity contribution < 1.29 is 18.9 Å². The Balaban J connectivity index is 1.58. The number of rotatable bonds is 5. The highest BCUT2D eigenvalue weighted by molar-refractivity contribution is 9.10. The van der Waals surface area contributed by atoms with Gasteiger partial charge in [0.25, 0.3) is 5.91 Å². The first-order valence-corrected chi connectivity index (χ1v) is 12.7. The van der Waals surface area contributed by atoms with Gasteiger partial charge in [-0.2, -0.15) is 0 Å². The fourth-order valence-electron chi connectivity index (χ4n) is 4.40. The van der Waals surface area contributed by atoms with Crippen molar-refractivity contribution in [2.24, 2.45) is 5.92 Å². The number of ether oxygens (including phenoxy) is 1. The molecule has 0 saturated heterocycles. The third-order valence-electron chi connectivity index (χ3n) is 6.21. The number of hydrogen-bond acceptors (Lipinski definition) is 4. The van der Waals surface area contributed by atoms with Crippen LogP contribution in [0.5, 0.6) is 5.75 Å². The molecule has 0 spiro atoms. The number of hydrogen-bond donors (Lipinski definition) is 1. The predicted molar refractivity (Wildman–Crippen MR) is 133 cm³/mol. The molecule has 1 saturated carbocycles. The van der Waals surface area contributed by atoms with Gasteiger partial charge >= 0.3 is 5.91 Å². The summed E-state index contributed by atoms with van der Waals surface area (Å²) in [5.74, 6) is 0.980. The second-order valence-corrected chi connectivity index (χ2v) is 10.5. The maximum Gasteiger partial charge on any atom is 0.426 e. The molecule has 1 fully saturated rings. The van der Waals surface area contributed by atoms with E-state index in [-0.39, 0.29) is 29.7 Å². The van der Waals surface area contributed by atoms with E-state index in [9.17, 15) is 9.59 Å². The zero-order chi connectivity index (χ0) is 22.7. The van der Waals surface area contributed by atoms with E-state index in [1.54, 1.807) is 11.7 Å². The minimum atomic E-state index is -0.139. The summed E-state index contributed by atoms with van der Waals surface area (Å²) in [6.07, 6.45) is 14.3. The van der Waals surface area contributed by atoms with Crippen LogP contribution in [0.4, 0.5) is 0 Å². The molecule has 1 N–H and O–H groups in total. The number of halogens is 1. The normalized spacial score (nSPS) is 26.3. The van der Waals surface area contributed by atoms with Crippen LogP contribution in [0.15, 0.2) is 51.9 Å². The van der Waals surface area contributed by atoms with Gasteiger partial charge in [0.05, 0.1) is 11.6 Å². The summed E-state index contributed by atoms with van der Waals surface area (Å²) < 4.78 is 7.76. The number of fused-ring (bicyclic) bond motifs is 1. The molecule has 168 valence electrons. The molecule has 3 atom stereocenters. The van der Waals surface area contributed by atoms with Gasteiger partial charge in [0.2, 0.25) is 12.3 Å². The molecule has 2 aliphatic carbocycles. The van der Waals surface area contributed by atoms with E-state index in [0.717, 1.165) is 40.8 Å². The molecular formula is C25H28BrN2O3S+. The van der Waals surface area contributed by atoms with E-state index in [4.69, 9.17) is 4.74 Å². The standard InChI is InChI=1S/C25H27BrN2O3S/c1-16-7-3-4-8-19(16)27-24(29)15-28-20-9-5-6-10-22(20)32-23(25(28)30)14-17-11-12-21(31-2)18(26)13-17/h5-6,9-14,16,19,22H,3-4,7-8,15H2,1-2H3/p+1/b23-14-. The van der Waals surface area contributed by atoms with Crippen molar-refractivity contribution in [3.8, 4) is 5.75 Å². The summed E-state index contributed by atoms with van der Waals surface area (Å²) in [6, 6.07) is 5.91. The van der Waals surface area contributed by atoms with Gasteiger partial charge in [0, 0.05) is 12.1 Å². The van der Waals surface area contributed by atoms with E-state index in [0.29, 0.717) is 10.8 Å². The lowest BCUT2D eigenvalue weighted by Gasteiger charge is -2.29. The van der Waals surface area contributed by atoms with Gasteiger partial charge in [-0.05, 0) is 58.5 Å². The molecule has 3 aliphatic rings. The number of nitrogens with one attached hydrogen (secondary N) is 1. The monoisotopic (exact) mass is 515 g/mol. The highest BCUT2D eigenvalue weighted by atomic mass is 79.9. The van der Waals surface area contributed by atoms with Crippen LogP contribution in [0, 0.1) is 5.92 Å². The van der Waals surface area contributed by atoms with E-state index in [1.165, 1.54) is 18.2 Å². The summed E-state index contributed by atoms with van der Waals surface area (Å²) in [5, 5.41) is 3.19. The van der Waals surface area contributed by atoms with E-state index in [1.807, 2.05) is 42.5 Å². The fraction of sp³-hybridized carbons (Fsp3) is 0.400. The lowest BCUT2D eigenvalue weighted by molar-refractivity contribution is -0.434. The van der Waals surface area contributed by atoms with Crippen LogP contribution in [-0.4, -0.2) is 47.0 Å². The molecule has 7 heteroatoms. The first-order chi connectivity index (χ1) is 15.5. The number of nitrogens with zero attached hydrogens (tertiary/aromatic N) is 1. The van der Waals surface area contributed by atoms with E-state index < -0.39 is 0 Å². The number of amides is 2. The highest BCUT2D eigenvalue weighted by Crippen LogP contribution is 2.34. The quantitative estimate of drug-likeness (QED) is 0.455. The van der Waals surface area contributed by atoms with Crippen molar-refractivity contribution in [3.05, 3.63) is 57.4 Å². The molecule has 1 aromatic rings. The molecule has 32 heavy (non-hydrogen) atoms. The summed E-state index contributed by atoms with van der Waals surface area (Å²) in [7, 11) is 1.62. The van der Waals surface area contributed by atoms with Crippen LogP contribution >= 0.6 is 27.7 Å². The Morgan fingerprint density at radius 2 is 2.12 bits per heavy atom. The van der Waals surface area contributed by atoms with Crippen molar-refractivity contribution in [2.75, 3.05) is 13.7 Å². The second kappa shape index (κ2) is 10.2. The summed E-state index contributed by atoms with van der Waals surface area (Å²) in [6.45, 7) is 2.23. The number of carbonyl (C=O) groups excluding carboxylic acids is 2. The Kier molecular flexibility index (Phi) is 7.36. The molecule has 1 aromatic carbocycles. The topological polar surface area (TPSA) is 58.4 Å². The second-order valence-electron chi connectivity index (χ2n) is 8.44. The van der Waals surface area contributed by atoms with Gasteiger partial charge < -0.3 is 10.1 Å². The molecule has 0 aromatic heterocycles. The van der Waals surface area contributed by atoms with Gasteiger partial charge in [0.15, 0.2) is 0 Å². The van der Waals surface area contributed by atoms with Crippen LogP contribution in [0.25, 0.3) is 6.08 Å². The van der Waals surface area contributed by atoms with Crippen LogP contribution in [0.2, 0.25) is 0 Å². The van der Waals surface area contributed by atoms with Crippen LogP contribution in [0.1, 0.15) is 38.2 Å². The van der Waals surface area contributed by atoms with E-state index >= 15 is 0 Å². The molecule has 2 amide bonds. The number of methoxy groups -OCH3 is 1. The fourth-order valence-corrected chi connectivity index (χ4v) is 6.15. The van der Waals surface area contributed by atoms with Crippen LogP contribution in [0.3, 0.4) is 0 Å².